The summed E-state index contributed by atoms with van der Waals surface area (Å²) in [4.78, 5) is 0. The van der Waals surface area contributed by atoms with E-state index < -0.39 is 0 Å². The molecule has 0 aliphatic heterocycles. The van der Waals surface area contributed by atoms with E-state index in [1.807, 2.05) is 0 Å². The number of allylic oxidation sites excluding steroid dienone is 1. The third-order valence-corrected chi connectivity index (χ3v) is 6.03. The summed E-state index contributed by atoms with van der Waals surface area (Å²) in [6.45, 7) is 2.40. The molecule has 94 valence electrons. The smallest absolute Gasteiger partial charge is 0.00864 e. The molecule has 4 atom stereocenters. The lowest BCUT2D eigenvalue weighted by Crippen LogP contribution is -2.30. The molecule has 0 heteroatoms. The molecule has 0 aromatic heterocycles. The second-order valence-corrected chi connectivity index (χ2v) is 6.65. The summed E-state index contributed by atoms with van der Waals surface area (Å²) in [6.07, 6.45) is 12.2. The summed E-state index contributed by atoms with van der Waals surface area (Å²) in [5, 5.41) is 0. The summed E-state index contributed by atoms with van der Waals surface area (Å²) in [7, 11) is 0. The average molecular weight is 238 g/mol. The van der Waals surface area contributed by atoms with Crippen LogP contribution in [-0.4, -0.2) is 0 Å². The molecule has 4 rings (SSSR count). The lowest BCUT2D eigenvalue weighted by atomic mass is 9.64. The van der Waals surface area contributed by atoms with E-state index in [9.17, 15) is 0 Å². The summed E-state index contributed by atoms with van der Waals surface area (Å²) in [6, 6.07) is 9.04. The average Bonchev–Trinajstić information content (AvgIpc) is 3.10. The Labute approximate surface area is 110 Å². The molecule has 0 saturated heterocycles. The highest BCUT2D eigenvalue weighted by Gasteiger charge is 2.55. The molecule has 0 nitrogen and oxygen atoms in total. The van der Waals surface area contributed by atoms with Gasteiger partial charge in [-0.15, -0.1) is 0 Å². The minimum Gasteiger partial charge on any atom is -0.0758 e. The molecule has 4 unspecified atom stereocenters. The van der Waals surface area contributed by atoms with Gasteiger partial charge in [0, 0.05) is 5.92 Å². The Morgan fingerprint density at radius 2 is 2.17 bits per heavy atom. The minimum atomic E-state index is 0.614. The molecule has 2 fully saturated rings. The first-order valence-electron chi connectivity index (χ1n) is 7.60. The van der Waals surface area contributed by atoms with Gasteiger partial charge in [0.15, 0.2) is 0 Å². The van der Waals surface area contributed by atoms with Crippen LogP contribution in [-0.2, 0) is 0 Å². The van der Waals surface area contributed by atoms with Crippen LogP contribution in [0.1, 0.15) is 56.1 Å². The normalized spacial score (nSPS) is 40.4. The Morgan fingerprint density at radius 1 is 1.28 bits per heavy atom. The molecule has 2 saturated carbocycles. The van der Waals surface area contributed by atoms with Crippen molar-refractivity contribution < 1.29 is 0 Å². The molecule has 0 radical (unpaired) electrons. The van der Waals surface area contributed by atoms with E-state index in [-0.39, 0.29) is 0 Å². The van der Waals surface area contributed by atoms with Crippen molar-refractivity contribution in [2.75, 3.05) is 0 Å². The van der Waals surface area contributed by atoms with Gasteiger partial charge in [0.05, 0.1) is 0 Å². The maximum absolute atomic E-state index is 2.51. The quantitative estimate of drug-likeness (QED) is 0.679. The zero-order valence-electron chi connectivity index (χ0n) is 11.2. The Bertz CT molecular complexity index is 499. The third-order valence-electron chi connectivity index (χ3n) is 6.03. The number of rotatable bonds is 2. The van der Waals surface area contributed by atoms with E-state index in [0.29, 0.717) is 11.3 Å². The SMILES string of the molecule is CCC1CC2CCC1(C1C=Cc3ccccc31)C2. The molecule has 0 heterocycles. The summed E-state index contributed by atoms with van der Waals surface area (Å²) < 4.78 is 0. The van der Waals surface area contributed by atoms with Crippen LogP contribution in [0.15, 0.2) is 30.3 Å². The van der Waals surface area contributed by atoms with Crippen molar-refractivity contribution in [2.45, 2.75) is 44.9 Å². The van der Waals surface area contributed by atoms with E-state index in [1.54, 1.807) is 5.56 Å². The Kier molecular flexibility index (Phi) is 2.24. The fraction of sp³-hybridized carbons (Fsp3) is 0.556. The van der Waals surface area contributed by atoms with E-state index in [0.717, 1.165) is 11.8 Å². The highest BCUT2D eigenvalue weighted by atomic mass is 14.6. The van der Waals surface area contributed by atoms with Crippen molar-refractivity contribution in [3.8, 4) is 0 Å². The van der Waals surface area contributed by atoms with Crippen molar-refractivity contribution in [3.05, 3.63) is 41.5 Å². The molecule has 0 amide bonds. The first-order valence-corrected chi connectivity index (χ1v) is 7.60. The van der Waals surface area contributed by atoms with Crippen LogP contribution in [0.25, 0.3) is 6.08 Å². The maximum Gasteiger partial charge on any atom is 0.00864 e. The van der Waals surface area contributed by atoms with Crippen LogP contribution in [0.5, 0.6) is 0 Å². The van der Waals surface area contributed by atoms with Gasteiger partial charge in [0.25, 0.3) is 0 Å². The van der Waals surface area contributed by atoms with Gasteiger partial charge in [0.2, 0.25) is 0 Å². The summed E-state index contributed by atoms with van der Waals surface area (Å²) in [5.74, 6) is 2.72. The molecular formula is C18H22. The summed E-state index contributed by atoms with van der Waals surface area (Å²) in [5.41, 5.74) is 3.70. The lowest BCUT2D eigenvalue weighted by molar-refractivity contribution is 0.157. The van der Waals surface area contributed by atoms with Gasteiger partial charge in [-0.05, 0) is 54.1 Å². The zero-order chi connectivity index (χ0) is 12.2. The first-order chi connectivity index (χ1) is 8.83. The largest absolute Gasteiger partial charge is 0.0758 e. The number of fused-ring (bicyclic) bond motifs is 3. The van der Waals surface area contributed by atoms with Gasteiger partial charge in [-0.2, -0.15) is 0 Å². The predicted molar refractivity (Wildman–Crippen MR) is 76.4 cm³/mol. The van der Waals surface area contributed by atoms with Gasteiger partial charge < -0.3 is 0 Å². The molecule has 2 bridgehead atoms. The Morgan fingerprint density at radius 3 is 3.00 bits per heavy atom. The number of benzene rings is 1. The van der Waals surface area contributed by atoms with Crippen molar-refractivity contribution in [3.63, 3.8) is 0 Å². The first kappa shape index (κ1) is 10.8. The lowest BCUT2D eigenvalue weighted by Gasteiger charge is -2.40. The third kappa shape index (κ3) is 1.27. The topological polar surface area (TPSA) is 0 Å². The van der Waals surface area contributed by atoms with Gasteiger partial charge in [-0.3, -0.25) is 0 Å². The van der Waals surface area contributed by atoms with Crippen LogP contribution in [0.3, 0.4) is 0 Å². The van der Waals surface area contributed by atoms with Crippen molar-refractivity contribution >= 4 is 6.08 Å². The Balaban J connectivity index is 1.78. The van der Waals surface area contributed by atoms with Gasteiger partial charge in [-0.1, -0.05) is 49.8 Å². The van der Waals surface area contributed by atoms with Crippen molar-refractivity contribution in [1.29, 1.82) is 0 Å². The van der Waals surface area contributed by atoms with Crippen LogP contribution in [0.4, 0.5) is 0 Å². The second-order valence-electron chi connectivity index (χ2n) is 6.65. The molecule has 18 heavy (non-hydrogen) atoms. The van der Waals surface area contributed by atoms with E-state index in [2.05, 4.69) is 43.3 Å². The van der Waals surface area contributed by atoms with Gasteiger partial charge in [-0.25, -0.2) is 0 Å². The maximum atomic E-state index is 2.51. The highest BCUT2D eigenvalue weighted by Crippen LogP contribution is 2.66. The fourth-order valence-electron chi connectivity index (χ4n) is 5.28. The van der Waals surface area contributed by atoms with Gasteiger partial charge in [0.1, 0.15) is 0 Å². The van der Waals surface area contributed by atoms with Crippen LogP contribution >= 0.6 is 0 Å². The predicted octanol–water partition coefficient (Wildman–Crippen LogP) is 5.01. The standard InChI is InChI=1S/C18H22/c1-2-15-11-13-9-10-18(15,12-13)17-8-7-14-5-3-4-6-16(14)17/h3-8,13,15,17H,2,9-12H2,1H3. The van der Waals surface area contributed by atoms with Crippen molar-refractivity contribution in [2.24, 2.45) is 17.3 Å². The minimum absolute atomic E-state index is 0.614. The molecular weight excluding hydrogens is 216 g/mol. The van der Waals surface area contributed by atoms with Crippen LogP contribution in [0, 0.1) is 17.3 Å². The number of hydrogen-bond donors (Lipinski definition) is 0. The highest BCUT2D eigenvalue weighted by molar-refractivity contribution is 5.63. The molecule has 3 aliphatic carbocycles. The molecule has 1 aromatic rings. The molecule has 0 spiro atoms. The Hall–Kier alpha value is -1.04. The monoisotopic (exact) mass is 238 g/mol. The van der Waals surface area contributed by atoms with E-state index in [1.165, 1.54) is 37.7 Å². The fourth-order valence-corrected chi connectivity index (χ4v) is 5.28. The molecule has 1 aromatic carbocycles. The molecule has 3 aliphatic rings. The van der Waals surface area contributed by atoms with Crippen LogP contribution in [0.2, 0.25) is 0 Å². The number of hydrogen-bond acceptors (Lipinski definition) is 0. The second kappa shape index (κ2) is 3.73. The van der Waals surface area contributed by atoms with E-state index in [4.69, 9.17) is 0 Å². The summed E-state index contributed by atoms with van der Waals surface area (Å²) >= 11 is 0. The molecule has 0 N–H and O–H groups in total. The van der Waals surface area contributed by atoms with Crippen LogP contribution < -0.4 is 0 Å². The van der Waals surface area contributed by atoms with Gasteiger partial charge >= 0.3 is 0 Å². The van der Waals surface area contributed by atoms with E-state index >= 15 is 0 Å². The van der Waals surface area contributed by atoms with Crippen molar-refractivity contribution in [1.82, 2.24) is 0 Å². The zero-order valence-corrected chi connectivity index (χ0v) is 11.2.